The third-order valence-corrected chi connectivity index (χ3v) is 4.31. The zero-order valence-electron chi connectivity index (χ0n) is 14.0. The Kier molecular flexibility index (Phi) is 5.86. The van der Waals surface area contributed by atoms with Crippen molar-refractivity contribution in [3.05, 3.63) is 88.7 Å². The van der Waals surface area contributed by atoms with Gasteiger partial charge in [-0.3, -0.25) is 9.59 Å². The van der Waals surface area contributed by atoms with Crippen LogP contribution in [0.15, 0.2) is 77.5 Å². The van der Waals surface area contributed by atoms with Crippen molar-refractivity contribution in [3.63, 3.8) is 0 Å². The Balaban J connectivity index is 1.46. The largest absolute Gasteiger partial charge is 0.350 e. The number of nitrogens with zero attached hydrogens (tertiary/aromatic N) is 1. The summed E-state index contributed by atoms with van der Waals surface area (Å²) in [6.07, 6.45) is 3.89. The molecule has 132 valence electrons. The van der Waals surface area contributed by atoms with Crippen molar-refractivity contribution in [1.82, 2.24) is 15.2 Å². The number of benzene rings is 2. The fourth-order valence-electron chi connectivity index (χ4n) is 2.48. The molecule has 0 saturated heterocycles. The Bertz CT molecular complexity index is 890. The van der Waals surface area contributed by atoms with Gasteiger partial charge in [-0.25, -0.2) is 0 Å². The maximum absolute atomic E-state index is 12.2. The second kappa shape index (κ2) is 8.49. The predicted molar refractivity (Wildman–Crippen MR) is 105 cm³/mol. The van der Waals surface area contributed by atoms with Crippen LogP contribution in [0.3, 0.4) is 0 Å². The lowest BCUT2D eigenvalue weighted by Crippen LogP contribution is -2.34. The second-order valence-corrected chi connectivity index (χ2v) is 6.58. The van der Waals surface area contributed by atoms with Gasteiger partial charge in [0.05, 0.1) is 0 Å². The van der Waals surface area contributed by atoms with Crippen LogP contribution in [-0.2, 0) is 0 Å². The highest BCUT2D eigenvalue weighted by Gasteiger charge is 2.07. The van der Waals surface area contributed by atoms with Crippen LogP contribution in [0.2, 0.25) is 0 Å². The maximum Gasteiger partial charge on any atom is 0.251 e. The van der Waals surface area contributed by atoms with Crippen molar-refractivity contribution in [2.24, 2.45) is 0 Å². The van der Waals surface area contributed by atoms with E-state index >= 15 is 0 Å². The SMILES string of the molecule is O=C(NCCNC(=O)c1cccc(Br)c1)c1ccc(-n2cccc2)cc1. The molecular formula is C20H18BrN3O2. The normalized spacial score (nSPS) is 10.3. The van der Waals surface area contributed by atoms with Crippen molar-refractivity contribution in [2.75, 3.05) is 13.1 Å². The molecule has 0 bridgehead atoms. The van der Waals surface area contributed by atoms with E-state index in [1.165, 1.54) is 0 Å². The molecule has 3 aromatic rings. The number of halogens is 1. The van der Waals surface area contributed by atoms with Crippen molar-refractivity contribution in [2.45, 2.75) is 0 Å². The number of amides is 2. The van der Waals surface area contributed by atoms with E-state index in [2.05, 4.69) is 26.6 Å². The second-order valence-electron chi connectivity index (χ2n) is 5.66. The first-order valence-corrected chi connectivity index (χ1v) is 8.98. The zero-order chi connectivity index (χ0) is 18.4. The average molecular weight is 412 g/mol. The number of nitrogens with one attached hydrogen (secondary N) is 2. The molecule has 1 aromatic heterocycles. The maximum atomic E-state index is 12.2. The number of carbonyl (C=O) groups is 2. The standard InChI is InChI=1S/C20H18BrN3O2/c21-17-5-3-4-16(14-17)20(26)23-11-10-22-19(25)15-6-8-18(9-7-15)24-12-1-2-13-24/h1-9,12-14H,10-11H2,(H,22,25)(H,23,26). The smallest absolute Gasteiger partial charge is 0.251 e. The van der Waals surface area contributed by atoms with Crippen LogP contribution < -0.4 is 10.6 Å². The molecule has 2 amide bonds. The van der Waals surface area contributed by atoms with Crippen molar-refractivity contribution >= 4 is 27.7 Å². The Hall–Kier alpha value is -2.86. The molecule has 3 rings (SSSR count). The fourth-order valence-corrected chi connectivity index (χ4v) is 2.88. The number of rotatable bonds is 6. The Morgan fingerprint density at radius 3 is 2.04 bits per heavy atom. The first-order chi connectivity index (χ1) is 12.6. The Morgan fingerprint density at radius 1 is 0.808 bits per heavy atom. The minimum Gasteiger partial charge on any atom is -0.350 e. The Labute approximate surface area is 160 Å². The number of aromatic nitrogens is 1. The summed E-state index contributed by atoms with van der Waals surface area (Å²) in [5.41, 5.74) is 2.15. The number of carbonyl (C=O) groups excluding carboxylic acids is 2. The summed E-state index contributed by atoms with van der Waals surface area (Å²) < 4.78 is 2.82. The van der Waals surface area contributed by atoms with E-state index in [0.29, 0.717) is 24.2 Å². The summed E-state index contributed by atoms with van der Waals surface area (Å²) in [7, 11) is 0. The summed E-state index contributed by atoms with van der Waals surface area (Å²) in [5.74, 6) is -0.336. The molecule has 0 aliphatic carbocycles. The van der Waals surface area contributed by atoms with Gasteiger partial charge in [-0.2, -0.15) is 0 Å². The van der Waals surface area contributed by atoms with Gasteiger partial charge in [-0.05, 0) is 54.6 Å². The topological polar surface area (TPSA) is 63.1 Å². The third-order valence-electron chi connectivity index (χ3n) is 3.82. The quantitative estimate of drug-likeness (QED) is 0.610. The van der Waals surface area contributed by atoms with Crippen LogP contribution in [0.5, 0.6) is 0 Å². The van der Waals surface area contributed by atoms with E-state index < -0.39 is 0 Å². The molecule has 26 heavy (non-hydrogen) atoms. The van der Waals surface area contributed by atoms with Gasteiger partial charge in [0.1, 0.15) is 0 Å². The van der Waals surface area contributed by atoms with Gasteiger partial charge in [0.15, 0.2) is 0 Å². The lowest BCUT2D eigenvalue weighted by molar-refractivity contribution is 0.0927. The summed E-state index contributed by atoms with van der Waals surface area (Å²) in [5, 5.41) is 5.58. The van der Waals surface area contributed by atoms with E-state index in [0.717, 1.165) is 10.2 Å². The molecule has 0 unspecified atom stereocenters. The van der Waals surface area contributed by atoms with Crippen molar-refractivity contribution in [1.29, 1.82) is 0 Å². The molecule has 0 aliphatic heterocycles. The molecule has 0 aliphatic rings. The van der Waals surface area contributed by atoms with Crippen LogP contribution >= 0.6 is 15.9 Å². The minimum atomic E-state index is -0.170. The van der Waals surface area contributed by atoms with Crippen LogP contribution in [0.1, 0.15) is 20.7 Å². The monoisotopic (exact) mass is 411 g/mol. The lowest BCUT2D eigenvalue weighted by Gasteiger charge is -2.08. The van der Waals surface area contributed by atoms with Crippen molar-refractivity contribution in [3.8, 4) is 5.69 Å². The van der Waals surface area contributed by atoms with E-state index in [-0.39, 0.29) is 11.8 Å². The van der Waals surface area contributed by atoms with E-state index in [4.69, 9.17) is 0 Å². The molecule has 0 spiro atoms. The molecule has 5 nitrogen and oxygen atoms in total. The van der Waals surface area contributed by atoms with Gasteiger partial charge in [0.25, 0.3) is 11.8 Å². The first kappa shape index (κ1) is 17.9. The summed E-state index contributed by atoms with van der Waals surface area (Å²) in [6, 6.07) is 18.4. The molecule has 0 saturated carbocycles. The lowest BCUT2D eigenvalue weighted by atomic mass is 10.2. The molecule has 0 atom stereocenters. The van der Waals surface area contributed by atoms with Crippen LogP contribution in [-0.4, -0.2) is 29.5 Å². The fraction of sp³-hybridized carbons (Fsp3) is 0.100. The highest BCUT2D eigenvalue weighted by molar-refractivity contribution is 9.10. The number of hydrogen-bond donors (Lipinski definition) is 2. The van der Waals surface area contributed by atoms with E-state index in [1.54, 1.807) is 30.3 Å². The van der Waals surface area contributed by atoms with Crippen LogP contribution in [0.25, 0.3) is 5.69 Å². The summed E-state index contributed by atoms with van der Waals surface area (Å²) in [4.78, 5) is 24.2. The predicted octanol–water partition coefficient (Wildman–Crippen LogP) is 3.40. The summed E-state index contributed by atoms with van der Waals surface area (Å²) >= 11 is 3.34. The average Bonchev–Trinajstić information content (AvgIpc) is 3.20. The van der Waals surface area contributed by atoms with Gasteiger partial charge >= 0.3 is 0 Å². The minimum absolute atomic E-state index is 0.166. The molecular weight excluding hydrogens is 394 g/mol. The van der Waals surface area contributed by atoms with Gasteiger partial charge in [0.2, 0.25) is 0 Å². The molecule has 0 fully saturated rings. The van der Waals surface area contributed by atoms with E-state index in [1.807, 2.05) is 47.3 Å². The van der Waals surface area contributed by atoms with Crippen LogP contribution in [0, 0.1) is 0 Å². The zero-order valence-corrected chi connectivity index (χ0v) is 15.6. The Morgan fingerprint density at radius 2 is 1.42 bits per heavy atom. The van der Waals surface area contributed by atoms with Crippen molar-refractivity contribution < 1.29 is 9.59 Å². The van der Waals surface area contributed by atoms with Gasteiger partial charge in [-0.15, -0.1) is 0 Å². The van der Waals surface area contributed by atoms with Crippen LogP contribution in [0.4, 0.5) is 0 Å². The highest BCUT2D eigenvalue weighted by atomic mass is 79.9. The molecule has 1 heterocycles. The molecule has 0 radical (unpaired) electrons. The first-order valence-electron chi connectivity index (χ1n) is 8.19. The third kappa shape index (κ3) is 4.61. The van der Waals surface area contributed by atoms with Gasteiger partial charge < -0.3 is 15.2 Å². The number of hydrogen-bond acceptors (Lipinski definition) is 2. The van der Waals surface area contributed by atoms with E-state index in [9.17, 15) is 9.59 Å². The van der Waals surface area contributed by atoms with Gasteiger partial charge in [0, 0.05) is 46.8 Å². The summed E-state index contributed by atoms with van der Waals surface area (Å²) in [6.45, 7) is 0.719. The molecule has 2 aromatic carbocycles. The molecule has 6 heteroatoms. The highest BCUT2D eigenvalue weighted by Crippen LogP contribution is 2.11. The van der Waals surface area contributed by atoms with Gasteiger partial charge in [-0.1, -0.05) is 22.0 Å². The molecule has 2 N–H and O–H groups in total.